The number of nitrogens with one attached hydrogen (secondary N) is 1. The van der Waals surface area contributed by atoms with Crippen LogP contribution < -0.4 is 5.32 Å². The number of amides is 1. The van der Waals surface area contributed by atoms with Gasteiger partial charge in [-0.05, 0) is 37.6 Å². The second-order valence-corrected chi connectivity index (χ2v) is 7.77. The van der Waals surface area contributed by atoms with E-state index in [1.165, 1.54) is 23.9 Å². The van der Waals surface area contributed by atoms with Crippen molar-refractivity contribution in [2.24, 2.45) is 7.05 Å². The van der Waals surface area contributed by atoms with E-state index < -0.39 is 11.1 Å². The molecule has 3 aromatic rings. The van der Waals surface area contributed by atoms with Crippen LogP contribution in [0.3, 0.4) is 0 Å². The average molecular weight is 405 g/mol. The highest BCUT2D eigenvalue weighted by molar-refractivity contribution is 8.00. The molecule has 1 amide bonds. The summed E-state index contributed by atoms with van der Waals surface area (Å²) in [7, 11) is 1.87. The third-order valence-corrected chi connectivity index (χ3v) is 5.51. The first-order chi connectivity index (χ1) is 12.9. The Kier molecular flexibility index (Phi) is 5.82. The SMILES string of the molecule is Cc1ccccc1-c1nnc(SC(C)C(=O)Nc2ccc(F)cc2Cl)n1C. The van der Waals surface area contributed by atoms with Gasteiger partial charge >= 0.3 is 0 Å². The molecule has 0 aliphatic heterocycles. The maximum atomic E-state index is 13.1. The van der Waals surface area contributed by atoms with E-state index in [0.29, 0.717) is 10.8 Å². The Balaban J connectivity index is 1.73. The summed E-state index contributed by atoms with van der Waals surface area (Å²) in [5.74, 6) is 0.0296. The second kappa shape index (κ2) is 8.10. The van der Waals surface area contributed by atoms with E-state index in [1.54, 1.807) is 6.92 Å². The molecule has 0 aliphatic rings. The summed E-state index contributed by atoms with van der Waals surface area (Å²) in [4.78, 5) is 12.5. The third kappa shape index (κ3) is 4.31. The number of hydrogen-bond acceptors (Lipinski definition) is 4. The number of carbonyl (C=O) groups excluding carboxylic acids is 1. The number of rotatable bonds is 5. The molecule has 8 heteroatoms. The summed E-state index contributed by atoms with van der Waals surface area (Å²) >= 11 is 7.25. The van der Waals surface area contributed by atoms with Crippen molar-refractivity contribution in [2.45, 2.75) is 24.3 Å². The first-order valence-electron chi connectivity index (χ1n) is 8.24. The van der Waals surface area contributed by atoms with Crippen LogP contribution in [0.15, 0.2) is 47.6 Å². The molecule has 1 atom stereocenters. The van der Waals surface area contributed by atoms with Crippen molar-refractivity contribution in [1.82, 2.24) is 14.8 Å². The van der Waals surface area contributed by atoms with Gasteiger partial charge in [-0.3, -0.25) is 4.79 Å². The van der Waals surface area contributed by atoms with Gasteiger partial charge in [0.25, 0.3) is 0 Å². The van der Waals surface area contributed by atoms with Gasteiger partial charge in [0.2, 0.25) is 5.91 Å². The highest BCUT2D eigenvalue weighted by Gasteiger charge is 2.20. The largest absolute Gasteiger partial charge is 0.324 e. The van der Waals surface area contributed by atoms with E-state index in [0.717, 1.165) is 23.0 Å². The number of benzene rings is 2. The van der Waals surface area contributed by atoms with Gasteiger partial charge in [0.15, 0.2) is 11.0 Å². The lowest BCUT2D eigenvalue weighted by atomic mass is 10.1. The van der Waals surface area contributed by atoms with Crippen LogP contribution in [0.2, 0.25) is 5.02 Å². The lowest BCUT2D eigenvalue weighted by molar-refractivity contribution is -0.115. The lowest BCUT2D eigenvalue weighted by Crippen LogP contribution is -2.23. The molecular weight excluding hydrogens is 387 g/mol. The van der Waals surface area contributed by atoms with E-state index in [-0.39, 0.29) is 10.9 Å². The molecule has 0 aliphatic carbocycles. The molecule has 0 radical (unpaired) electrons. The summed E-state index contributed by atoms with van der Waals surface area (Å²) in [6.07, 6.45) is 0. The van der Waals surface area contributed by atoms with Crippen molar-refractivity contribution in [1.29, 1.82) is 0 Å². The third-order valence-electron chi connectivity index (χ3n) is 4.06. The Bertz CT molecular complexity index is 992. The molecule has 1 unspecified atom stereocenters. The van der Waals surface area contributed by atoms with E-state index >= 15 is 0 Å². The predicted molar refractivity (Wildman–Crippen MR) is 107 cm³/mol. The molecule has 0 bridgehead atoms. The Morgan fingerprint density at radius 1 is 1.26 bits per heavy atom. The van der Waals surface area contributed by atoms with Gasteiger partial charge in [0.05, 0.1) is 16.0 Å². The highest BCUT2D eigenvalue weighted by Crippen LogP contribution is 2.28. The van der Waals surface area contributed by atoms with Crippen LogP contribution >= 0.6 is 23.4 Å². The quantitative estimate of drug-likeness (QED) is 0.626. The maximum Gasteiger partial charge on any atom is 0.237 e. The number of thioether (sulfide) groups is 1. The van der Waals surface area contributed by atoms with Crippen molar-refractivity contribution < 1.29 is 9.18 Å². The zero-order chi connectivity index (χ0) is 19.6. The van der Waals surface area contributed by atoms with Gasteiger partial charge < -0.3 is 9.88 Å². The summed E-state index contributed by atoms with van der Waals surface area (Å²) < 4.78 is 15.0. The van der Waals surface area contributed by atoms with E-state index in [2.05, 4.69) is 15.5 Å². The molecule has 0 saturated heterocycles. The van der Waals surface area contributed by atoms with Crippen LogP contribution in [-0.2, 0) is 11.8 Å². The molecule has 1 N–H and O–H groups in total. The Morgan fingerprint density at radius 2 is 2.00 bits per heavy atom. The Labute approximate surface area is 166 Å². The summed E-state index contributed by atoms with van der Waals surface area (Å²) in [6, 6.07) is 11.8. The molecule has 0 fully saturated rings. The first-order valence-corrected chi connectivity index (χ1v) is 9.50. The Hall–Kier alpha value is -2.38. The number of hydrogen-bond donors (Lipinski definition) is 1. The second-order valence-electron chi connectivity index (χ2n) is 6.05. The highest BCUT2D eigenvalue weighted by atomic mass is 35.5. The van der Waals surface area contributed by atoms with Crippen LogP contribution in [0.5, 0.6) is 0 Å². The predicted octanol–water partition coefficient (Wildman–Crippen LogP) is 4.70. The normalized spacial score (nSPS) is 12.0. The van der Waals surface area contributed by atoms with Crippen molar-refractivity contribution in [3.63, 3.8) is 0 Å². The summed E-state index contributed by atoms with van der Waals surface area (Å²) in [6.45, 7) is 3.78. The average Bonchev–Trinajstić information content (AvgIpc) is 2.98. The number of aryl methyl sites for hydroxylation is 1. The molecule has 0 saturated carbocycles. The minimum absolute atomic E-state index is 0.154. The fourth-order valence-electron chi connectivity index (χ4n) is 2.51. The molecule has 3 rings (SSSR count). The monoisotopic (exact) mass is 404 g/mol. The van der Waals surface area contributed by atoms with Crippen molar-refractivity contribution in [3.8, 4) is 11.4 Å². The van der Waals surface area contributed by atoms with Crippen LogP contribution in [0.25, 0.3) is 11.4 Å². The summed E-state index contributed by atoms with van der Waals surface area (Å²) in [5.41, 5.74) is 2.46. The fraction of sp³-hybridized carbons (Fsp3) is 0.211. The molecule has 27 heavy (non-hydrogen) atoms. The fourth-order valence-corrected chi connectivity index (χ4v) is 3.54. The smallest absolute Gasteiger partial charge is 0.237 e. The van der Waals surface area contributed by atoms with Gasteiger partial charge in [0.1, 0.15) is 5.82 Å². The molecule has 0 spiro atoms. The number of nitrogens with zero attached hydrogens (tertiary/aromatic N) is 3. The molecule has 140 valence electrons. The standard InChI is InChI=1S/C19H18ClFN4OS/c1-11-6-4-5-7-14(11)17-23-24-19(25(17)3)27-12(2)18(26)22-16-9-8-13(21)10-15(16)20/h4-10,12H,1-3H3,(H,22,26). The van der Waals surface area contributed by atoms with Gasteiger partial charge in [-0.15, -0.1) is 10.2 Å². The summed E-state index contributed by atoms with van der Waals surface area (Å²) in [5, 5.41) is 11.5. The van der Waals surface area contributed by atoms with E-state index in [4.69, 9.17) is 11.6 Å². The zero-order valence-corrected chi connectivity index (χ0v) is 16.6. The minimum atomic E-state index is -0.455. The van der Waals surface area contributed by atoms with Gasteiger partial charge in [-0.25, -0.2) is 4.39 Å². The number of anilines is 1. The van der Waals surface area contributed by atoms with E-state index in [1.807, 2.05) is 42.8 Å². The topological polar surface area (TPSA) is 59.8 Å². The van der Waals surface area contributed by atoms with Gasteiger partial charge in [-0.2, -0.15) is 0 Å². The molecular formula is C19H18ClFN4OS. The lowest BCUT2D eigenvalue weighted by Gasteiger charge is -2.13. The van der Waals surface area contributed by atoms with Crippen LogP contribution in [0, 0.1) is 12.7 Å². The number of carbonyl (C=O) groups is 1. The molecule has 1 aromatic heterocycles. The van der Waals surface area contributed by atoms with Crippen molar-refractivity contribution >= 4 is 35.0 Å². The van der Waals surface area contributed by atoms with Crippen LogP contribution in [-0.4, -0.2) is 25.9 Å². The number of halogens is 2. The van der Waals surface area contributed by atoms with Crippen molar-refractivity contribution in [2.75, 3.05) is 5.32 Å². The van der Waals surface area contributed by atoms with Crippen LogP contribution in [0.4, 0.5) is 10.1 Å². The number of aromatic nitrogens is 3. The van der Waals surface area contributed by atoms with Gasteiger partial charge in [0, 0.05) is 12.6 Å². The molecule has 5 nitrogen and oxygen atoms in total. The van der Waals surface area contributed by atoms with Crippen LogP contribution in [0.1, 0.15) is 12.5 Å². The molecule has 1 heterocycles. The first kappa shape index (κ1) is 19.4. The molecule has 2 aromatic carbocycles. The van der Waals surface area contributed by atoms with E-state index in [9.17, 15) is 9.18 Å². The minimum Gasteiger partial charge on any atom is -0.324 e. The maximum absolute atomic E-state index is 13.1. The zero-order valence-electron chi connectivity index (χ0n) is 15.0. The van der Waals surface area contributed by atoms with Gasteiger partial charge in [-0.1, -0.05) is 47.6 Å². The Morgan fingerprint density at radius 3 is 2.70 bits per heavy atom. The van der Waals surface area contributed by atoms with Crippen molar-refractivity contribution in [3.05, 3.63) is 58.9 Å².